The van der Waals surface area contributed by atoms with Gasteiger partial charge in [0.1, 0.15) is 5.82 Å². The summed E-state index contributed by atoms with van der Waals surface area (Å²) in [4.78, 5) is 26.1. The fraction of sp³-hybridized carbons (Fsp3) is 0.300. The van der Waals surface area contributed by atoms with Gasteiger partial charge >= 0.3 is 0 Å². The molecule has 3 rings (SSSR count). The minimum absolute atomic E-state index is 0.00183. The first-order chi connectivity index (χ1) is 12.1. The van der Waals surface area contributed by atoms with E-state index in [2.05, 4.69) is 5.32 Å². The molecule has 0 bridgehead atoms. The van der Waals surface area contributed by atoms with Crippen molar-refractivity contribution in [3.8, 4) is 0 Å². The lowest BCUT2D eigenvalue weighted by Crippen LogP contribution is -2.33. The van der Waals surface area contributed by atoms with Crippen LogP contribution in [0.15, 0.2) is 54.6 Å². The molecule has 1 saturated heterocycles. The van der Waals surface area contributed by atoms with E-state index >= 15 is 0 Å². The molecule has 1 atom stereocenters. The molecule has 2 aromatic rings. The number of benzene rings is 2. The highest BCUT2D eigenvalue weighted by Crippen LogP contribution is 2.19. The van der Waals surface area contributed by atoms with Crippen LogP contribution in [0.3, 0.4) is 0 Å². The highest BCUT2D eigenvalue weighted by atomic mass is 19.1. The van der Waals surface area contributed by atoms with E-state index in [4.69, 9.17) is 0 Å². The van der Waals surface area contributed by atoms with E-state index in [1.165, 1.54) is 12.1 Å². The Bertz CT molecular complexity index is 731. The number of likely N-dealkylation sites (tertiary alicyclic amines) is 1. The number of halogens is 1. The maximum absolute atomic E-state index is 12.9. The van der Waals surface area contributed by atoms with Crippen LogP contribution in [0.2, 0.25) is 0 Å². The predicted molar refractivity (Wildman–Crippen MR) is 93.1 cm³/mol. The number of nitrogens with one attached hydrogen (secondary N) is 1. The van der Waals surface area contributed by atoms with Crippen molar-refractivity contribution < 1.29 is 14.0 Å². The summed E-state index contributed by atoms with van der Waals surface area (Å²) >= 11 is 0. The first kappa shape index (κ1) is 17.1. The van der Waals surface area contributed by atoms with Crippen molar-refractivity contribution in [2.45, 2.75) is 19.4 Å². The number of hydrogen-bond donors (Lipinski definition) is 1. The van der Waals surface area contributed by atoms with Gasteiger partial charge in [-0.25, -0.2) is 4.39 Å². The van der Waals surface area contributed by atoms with Crippen molar-refractivity contribution in [3.05, 3.63) is 71.5 Å². The Morgan fingerprint density at radius 3 is 2.52 bits per heavy atom. The highest BCUT2D eigenvalue weighted by Gasteiger charge is 2.33. The quantitative estimate of drug-likeness (QED) is 0.878. The zero-order chi connectivity index (χ0) is 17.6. The van der Waals surface area contributed by atoms with Gasteiger partial charge < -0.3 is 10.2 Å². The molecule has 130 valence electrons. The Morgan fingerprint density at radius 2 is 1.80 bits per heavy atom. The third kappa shape index (κ3) is 4.66. The molecule has 4 nitrogen and oxygen atoms in total. The van der Waals surface area contributed by atoms with E-state index in [0.29, 0.717) is 26.1 Å². The van der Waals surface area contributed by atoms with Crippen molar-refractivity contribution >= 4 is 11.8 Å². The van der Waals surface area contributed by atoms with E-state index in [1.807, 2.05) is 30.3 Å². The van der Waals surface area contributed by atoms with E-state index in [-0.39, 0.29) is 30.0 Å². The molecule has 25 heavy (non-hydrogen) atoms. The van der Waals surface area contributed by atoms with Crippen LogP contribution in [-0.2, 0) is 22.6 Å². The Kier molecular flexibility index (Phi) is 5.43. The summed E-state index contributed by atoms with van der Waals surface area (Å²) in [5.41, 5.74) is 2.01. The smallest absolute Gasteiger partial charge is 0.225 e. The minimum Gasteiger partial charge on any atom is -0.352 e. The van der Waals surface area contributed by atoms with Crippen LogP contribution in [-0.4, -0.2) is 29.8 Å². The molecule has 1 aliphatic rings. The van der Waals surface area contributed by atoms with Crippen LogP contribution in [0, 0.1) is 11.7 Å². The van der Waals surface area contributed by atoms with Gasteiger partial charge in [0.15, 0.2) is 0 Å². The summed E-state index contributed by atoms with van der Waals surface area (Å²) in [5, 5.41) is 2.90. The molecule has 0 aliphatic carbocycles. The first-order valence-corrected chi connectivity index (χ1v) is 8.45. The zero-order valence-electron chi connectivity index (χ0n) is 14.0. The average molecular weight is 340 g/mol. The SMILES string of the molecule is O=C(NCc1ccccc1)C1CC(=O)N(CCc2ccc(F)cc2)C1. The summed E-state index contributed by atoms with van der Waals surface area (Å²) in [6.07, 6.45) is 0.911. The molecule has 5 heteroatoms. The lowest BCUT2D eigenvalue weighted by molar-refractivity contribution is -0.129. The van der Waals surface area contributed by atoms with E-state index in [9.17, 15) is 14.0 Å². The number of amides is 2. The molecule has 0 aromatic heterocycles. The second-order valence-electron chi connectivity index (χ2n) is 6.32. The third-order valence-corrected chi connectivity index (χ3v) is 4.48. The van der Waals surface area contributed by atoms with Crippen LogP contribution in [0.4, 0.5) is 4.39 Å². The molecule has 2 amide bonds. The number of carbonyl (C=O) groups excluding carboxylic acids is 2. The van der Waals surface area contributed by atoms with Crippen LogP contribution >= 0.6 is 0 Å². The molecule has 0 spiro atoms. The van der Waals surface area contributed by atoms with Crippen molar-refractivity contribution in [2.24, 2.45) is 5.92 Å². The van der Waals surface area contributed by atoms with Crippen molar-refractivity contribution in [1.82, 2.24) is 10.2 Å². The molecule has 1 unspecified atom stereocenters. The molecular formula is C20H21FN2O2. The summed E-state index contributed by atoms with van der Waals surface area (Å²) in [6, 6.07) is 16.0. The molecule has 0 radical (unpaired) electrons. The number of rotatable bonds is 6. The van der Waals surface area contributed by atoms with Gasteiger partial charge in [0.2, 0.25) is 11.8 Å². The second-order valence-corrected chi connectivity index (χ2v) is 6.32. The number of carbonyl (C=O) groups is 2. The minimum atomic E-state index is -0.301. The Labute approximate surface area is 146 Å². The average Bonchev–Trinajstić information content (AvgIpc) is 3.01. The second kappa shape index (κ2) is 7.92. The van der Waals surface area contributed by atoms with Crippen molar-refractivity contribution in [3.63, 3.8) is 0 Å². The van der Waals surface area contributed by atoms with Gasteiger partial charge in [0.05, 0.1) is 5.92 Å². The molecule has 0 saturated carbocycles. The normalized spacial score (nSPS) is 16.9. The molecular weight excluding hydrogens is 319 g/mol. The predicted octanol–water partition coefficient (Wildman–Crippen LogP) is 2.53. The number of hydrogen-bond acceptors (Lipinski definition) is 2. The monoisotopic (exact) mass is 340 g/mol. The van der Waals surface area contributed by atoms with E-state index in [1.54, 1.807) is 17.0 Å². The van der Waals surface area contributed by atoms with E-state index < -0.39 is 0 Å². The van der Waals surface area contributed by atoms with Gasteiger partial charge in [-0.05, 0) is 29.7 Å². The lowest BCUT2D eigenvalue weighted by atomic mass is 10.1. The van der Waals surface area contributed by atoms with Crippen LogP contribution in [0.25, 0.3) is 0 Å². The van der Waals surface area contributed by atoms with E-state index in [0.717, 1.165) is 11.1 Å². The Morgan fingerprint density at radius 1 is 1.08 bits per heavy atom. The summed E-state index contributed by atoms with van der Waals surface area (Å²) in [5.74, 6) is -0.649. The van der Waals surface area contributed by atoms with Crippen molar-refractivity contribution in [1.29, 1.82) is 0 Å². The molecule has 1 fully saturated rings. The highest BCUT2D eigenvalue weighted by molar-refractivity contribution is 5.89. The van der Waals surface area contributed by atoms with Gasteiger partial charge in [0.25, 0.3) is 0 Å². The van der Waals surface area contributed by atoms with Gasteiger partial charge in [0, 0.05) is 26.1 Å². The molecule has 1 heterocycles. The van der Waals surface area contributed by atoms with Gasteiger partial charge in [-0.3, -0.25) is 9.59 Å². The first-order valence-electron chi connectivity index (χ1n) is 8.45. The standard InChI is InChI=1S/C20H21FN2O2/c21-18-8-6-15(7-9-18)10-11-23-14-17(12-19(23)24)20(25)22-13-16-4-2-1-3-5-16/h1-9,17H,10-14H2,(H,22,25). The largest absolute Gasteiger partial charge is 0.352 e. The fourth-order valence-electron chi connectivity index (χ4n) is 3.01. The van der Waals surface area contributed by atoms with Crippen LogP contribution in [0.1, 0.15) is 17.5 Å². The summed E-state index contributed by atoms with van der Waals surface area (Å²) < 4.78 is 12.9. The fourth-order valence-corrected chi connectivity index (χ4v) is 3.01. The van der Waals surface area contributed by atoms with Crippen LogP contribution < -0.4 is 5.32 Å². The topological polar surface area (TPSA) is 49.4 Å². The maximum atomic E-state index is 12.9. The molecule has 2 aromatic carbocycles. The maximum Gasteiger partial charge on any atom is 0.225 e. The van der Waals surface area contributed by atoms with Crippen molar-refractivity contribution in [2.75, 3.05) is 13.1 Å². The molecule has 1 N–H and O–H groups in total. The lowest BCUT2D eigenvalue weighted by Gasteiger charge is -2.16. The van der Waals surface area contributed by atoms with Gasteiger partial charge in [-0.1, -0.05) is 42.5 Å². The third-order valence-electron chi connectivity index (χ3n) is 4.48. The van der Waals surface area contributed by atoms with Gasteiger partial charge in [-0.2, -0.15) is 0 Å². The zero-order valence-corrected chi connectivity index (χ0v) is 14.0. The summed E-state index contributed by atoms with van der Waals surface area (Å²) in [6.45, 7) is 1.47. The Hall–Kier alpha value is -2.69. The van der Waals surface area contributed by atoms with Crippen LogP contribution in [0.5, 0.6) is 0 Å². The Balaban J connectivity index is 1.48. The molecule has 1 aliphatic heterocycles. The summed E-state index contributed by atoms with van der Waals surface area (Å²) in [7, 11) is 0. The van der Waals surface area contributed by atoms with Gasteiger partial charge in [-0.15, -0.1) is 0 Å². The number of nitrogens with zero attached hydrogens (tertiary/aromatic N) is 1.